The number of aryl methyl sites for hydroxylation is 1. The fraction of sp³-hybridized carbons (Fsp3) is 0.500. The number of imidazole rings is 1. The summed E-state index contributed by atoms with van der Waals surface area (Å²) in [6.45, 7) is 7.51. The molecular weight excluding hydrogens is 352 g/mol. The van der Waals surface area contributed by atoms with Crippen LogP contribution in [0.15, 0.2) is 18.2 Å². The Hall–Kier alpha value is -2.63. The molecule has 2 N–H and O–H groups in total. The molecule has 0 atom stereocenters. The molecule has 1 aliphatic rings. The summed E-state index contributed by atoms with van der Waals surface area (Å²) in [7, 11) is 0. The Kier molecular flexibility index (Phi) is 6.49. The molecule has 1 aromatic carbocycles. The first-order valence-corrected chi connectivity index (χ1v) is 10.3. The minimum Gasteiger partial charge on any atom is -0.349 e. The monoisotopic (exact) mass is 382 g/mol. The van der Waals surface area contributed by atoms with Crippen molar-refractivity contribution in [2.75, 3.05) is 11.9 Å². The highest BCUT2D eigenvalue weighted by atomic mass is 16.2. The molecule has 2 heterocycles. The van der Waals surface area contributed by atoms with Gasteiger partial charge in [-0.05, 0) is 56.7 Å². The molecule has 0 fully saturated rings. The van der Waals surface area contributed by atoms with Gasteiger partial charge in [0.1, 0.15) is 0 Å². The maximum atomic E-state index is 13.0. The Morgan fingerprint density at radius 2 is 1.96 bits per heavy atom. The highest BCUT2D eigenvalue weighted by Crippen LogP contribution is 2.24. The van der Waals surface area contributed by atoms with Gasteiger partial charge in [0.15, 0.2) is 11.5 Å². The van der Waals surface area contributed by atoms with E-state index in [-0.39, 0.29) is 11.8 Å². The van der Waals surface area contributed by atoms with Gasteiger partial charge < -0.3 is 15.2 Å². The minimum atomic E-state index is -0.246. The molecule has 0 radical (unpaired) electrons. The van der Waals surface area contributed by atoms with Crippen LogP contribution in [0.1, 0.15) is 77.0 Å². The number of hydrogen-bond donors (Lipinski definition) is 2. The second-order valence-electron chi connectivity index (χ2n) is 7.50. The molecule has 6 nitrogen and oxygen atoms in total. The minimum absolute atomic E-state index is 0.190. The first kappa shape index (κ1) is 20.1. The van der Waals surface area contributed by atoms with Crippen molar-refractivity contribution in [3.05, 3.63) is 46.5 Å². The summed E-state index contributed by atoms with van der Waals surface area (Å²) in [6.07, 6.45) is 5.92. The molecule has 0 aliphatic carbocycles. The molecule has 6 heteroatoms. The number of anilines is 1. The number of nitrogens with one attached hydrogen (secondary N) is 2. The summed E-state index contributed by atoms with van der Waals surface area (Å²) < 4.78 is 1.93. The predicted molar refractivity (Wildman–Crippen MR) is 111 cm³/mol. The van der Waals surface area contributed by atoms with Crippen molar-refractivity contribution in [3.8, 4) is 0 Å². The zero-order valence-corrected chi connectivity index (χ0v) is 17.1. The van der Waals surface area contributed by atoms with E-state index in [4.69, 9.17) is 0 Å². The molecule has 150 valence electrons. The van der Waals surface area contributed by atoms with E-state index in [2.05, 4.69) is 22.5 Å². The SMILES string of the molecule is CCCCCNC(=O)c1nc(C(=O)Nc2cccc(C)c2C)c2n1CCCC2. The second kappa shape index (κ2) is 9.04. The number of aromatic nitrogens is 2. The molecule has 0 bridgehead atoms. The van der Waals surface area contributed by atoms with Crippen molar-refractivity contribution >= 4 is 17.5 Å². The van der Waals surface area contributed by atoms with Crippen molar-refractivity contribution in [2.24, 2.45) is 0 Å². The van der Waals surface area contributed by atoms with E-state index in [0.717, 1.165) is 67.6 Å². The fourth-order valence-electron chi connectivity index (χ4n) is 3.62. The summed E-state index contributed by atoms with van der Waals surface area (Å²) in [5.74, 6) is -0.0771. The van der Waals surface area contributed by atoms with Gasteiger partial charge in [0.05, 0.1) is 5.69 Å². The Labute approximate surface area is 166 Å². The van der Waals surface area contributed by atoms with Gasteiger partial charge in [-0.15, -0.1) is 0 Å². The first-order valence-electron chi connectivity index (χ1n) is 10.3. The van der Waals surface area contributed by atoms with Gasteiger partial charge in [-0.25, -0.2) is 4.98 Å². The smallest absolute Gasteiger partial charge is 0.287 e. The van der Waals surface area contributed by atoms with Crippen LogP contribution in [0.25, 0.3) is 0 Å². The fourth-order valence-corrected chi connectivity index (χ4v) is 3.62. The number of fused-ring (bicyclic) bond motifs is 1. The first-order chi connectivity index (χ1) is 13.5. The number of unbranched alkanes of at least 4 members (excludes halogenated alkanes) is 2. The van der Waals surface area contributed by atoms with E-state index in [9.17, 15) is 9.59 Å². The summed E-state index contributed by atoms with van der Waals surface area (Å²) in [5, 5.41) is 5.93. The summed E-state index contributed by atoms with van der Waals surface area (Å²) >= 11 is 0. The summed E-state index contributed by atoms with van der Waals surface area (Å²) in [5.41, 5.74) is 4.19. The van der Waals surface area contributed by atoms with Crippen LogP contribution in [0.4, 0.5) is 5.69 Å². The highest BCUT2D eigenvalue weighted by molar-refractivity contribution is 6.05. The van der Waals surface area contributed by atoms with E-state index in [1.807, 2.05) is 36.6 Å². The van der Waals surface area contributed by atoms with E-state index in [0.29, 0.717) is 18.1 Å². The molecular formula is C22H30N4O2. The Bertz CT molecular complexity index is 870. The molecule has 0 unspecified atom stereocenters. The zero-order valence-electron chi connectivity index (χ0n) is 17.1. The standard InChI is InChI=1S/C22H30N4O2/c1-4-5-7-13-23-22(28)20-25-19(18-12-6-8-14-26(18)20)21(27)24-17-11-9-10-15(2)16(17)3/h9-11H,4-8,12-14H2,1-3H3,(H,23,28)(H,24,27). The third-order valence-corrected chi connectivity index (χ3v) is 5.45. The highest BCUT2D eigenvalue weighted by Gasteiger charge is 2.27. The Balaban J connectivity index is 1.83. The third-order valence-electron chi connectivity index (χ3n) is 5.45. The number of carbonyl (C=O) groups is 2. The quantitative estimate of drug-likeness (QED) is 0.711. The van der Waals surface area contributed by atoms with Crippen LogP contribution in [0.2, 0.25) is 0 Å². The van der Waals surface area contributed by atoms with Gasteiger partial charge >= 0.3 is 0 Å². The maximum Gasteiger partial charge on any atom is 0.287 e. The number of hydrogen-bond acceptors (Lipinski definition) is 3. The van der Waals surface area contributed by atoms with Crippen molar-refractivity contribution in [1.82, 2.24) is 14.9 Å². The molecule has 2 amide bonds. The molecule has 1 aliphatic heterocycles. The van der Waals surface area contributed by atoms with Crippen LogP contribution in [0.5, 0.6) is 0 Å². The lowest BCUT2D eigenvalue weighted by Crippen LogP contribution is -2.28. The number of amides is 2. The van der Waals surface area contributed by atoms with Gasteiger partial charge in [0.2, 0.25) is 0 Å². The topological polar surface area (TPSA) is 76.0 Å². The number of rotatable bonds is 7. The molecule has 2 aromatic rings. The maximum absolute atomic E-state index is 13.0. The third kappa shape index (κ3) is 4.26. The van der Waals surface area contributed by atoms with Crippen molar-refractivity contribution < 1.29 is 9.59 Å². The van der Waals surface area contributed by atoms with E-state index < -0.39 is 0 Å². The van der Waals surface area contributed by atoms with Gasteiger partial charge in [0, 0.05) is 18.8 Å². The van der Waals surface area contributed by atoms with Crippen molar-refractivity contribution in [2.45, 2.75) is 65.8 Å². The van der Waals surface area contributed by atoms with Crippen LogP contribution >= 0.6 is 0 Å². The lowest BCUT2D eigenvalue weighted by Gasteiger charge is -2.17. The number of carbonyl (C=O) groups excluding carboxylic acids is 2. The van der Waals surface area contributed by atoms with Crippen molar-refractivity contribution in [3.63, 3.8) is 0 Å². The van der Waals surface area contributed by atoms with Crippen LogP contribution in [-0.4, -0.2) is 27.9 Å². The molecule has 0 saturated heterocycles. The second-order valence-corrected chi connectivity index (χ2v) is 7.50. The van der Waals surface area contributed by atoms with Crippen molar-refractivity contribution in [1.29, 1.82) is 0 Å². The molecule has 1 aromatic heterocycles. The average molecular weight is 383 g/mol. The van der Waals surface area contributed by atoms with E-state index in [1.165, 1.54) is 0 Å². The average Bonchev–Trinajstić information content (AvgIpc) is 3.08. The molecule has 3 rings (SSSR count). The van der Waals surface area contributed by atoms with Gasteiger partial charge in [-0.2, -0.15) is 0 Å². The lowest BCUT2D eigenvalue weighted by atomic mass is 10.1. The largest absolute Gasteiger partial charge is 0.349 e. The van der Waals surface area contributed by atoms with Gasteiger partial charge in [-0.3, -0.25) is 9.59 Å². The normalized spacial score (nSPS) is 13.1. The summed E-state index contributed by atoms with van der Waals surface area (Å²) in [4.78, 5) is 30.1. The predicted octanol–water partition coefficient (Wildman–Crippen LogP) is 4.01. The molecule has 0 saturated carbocycles. The van der Waals surface area contributed by atoms with Crippen LogP contribution in [0.3, 0.4) is 0 Å². The zero-order chi connectivity index (χ0) is 20.1. The molecule has 0 spiro atoms. The van der Waals surface area contributed by atoms with Gasteiger partial charge in [-0.1, -0.05) is 31.9 Å². The number of nitrogens with zero attached hydrogens (tertiary/aromatic N) is 2. The Morgan fingerprint density at radius 1 is 1.14 bits per heavy atom. The Morgan fingerprint density at radius 3 is 2.75 bits per heavy atom. The van der Waals surface area contributed by atoms with Crippen LogP contribution in [-0.2, 0) is 13.0 Å². The number of benzene rings is 1. The molecule has 28 heavy (non-hydrogen) atoms. The van der Waals surface area contributed by atoms with E-state index in [1.54, 1.807) is 0 Å². The van der Waals surface area contributed by atoms with Crippen LogP contribution < -0.4 is 10.6 Å². The summed E-state index contributed by atoms with van der Waals surface area (Å²) in [6, 6.07) is 5.84. The van der Waals surface area contributed by atoms with Crippen LogP contribution in [0, 0.1) is 13.8 Å². The lowest BCUT2D eigenvalue weighted by molar-refractivity contribution is 0.0937. The van der Waals surface area contributed by atoms with E-state index >= 15 is 0 Å². The van der Waals surface area contributed by atoms with Gasteiger partial charge in [0.25, 0.3) is 11.8 Å².